The molecule has 2 aromatic carbocycles. The van der Waals surface area contributed by atoms with E-state index in [-0.39, 0.29) is 5.91 Å². The molecule has 0 atom stereocenters. The monoisotopic (exact) mass is 443 g/mol. The van der Waals surface area contributed by atoms with E-state index in [1.54, 1.807) is 46.5 Å². The number of nitrogens with one attached hydrogen (secondary N) is 3. The molecule has 1 amide bonds. The van der Waals surface area contributed by atoms with Gasteiger partial charge in [0.15, 0.2) is 16.6 Å². The average Bonchev–Trinajstić information content (AvgIpc) is 2.80. The predicted molar refractivity (Wildman–Crippen MR) is 126 cm³/mol. The number of amides is 1. The quantitative estimate of drug-likeness (QED) is 0.238. The Balaban J connectivity index is 1.86. The number of aryl methyl sites for hydroxylation is 1. The number of hydrazine groups is 1. The van der Waals surface area contributed by atoms with Crippen LogP contribution in [0.1, 0.15) is 24.5 Å². The molecule has 2 aromatic rings. The highest BCUT2D eigenvalue weighted by atomic mass is 32.1. The zero-order chi connectivity index (χ0) is 22.6. The Hall–Kier alpha value is -3.26. The molecule has 0 aliphatic carbocycles. The highest BCUT2D eigenvalue weighted by Gasteiger charge is 2.12. The SMILES string of the molecule is COc1cc(OC)c(OC)cc1/C=C(\C)C(=O)NNC(=S)NCCCc1ccccc1. The molecule has 0 heterocycles. The maximum absolute atomic E-state index is 12.4. The van der Waals surface area contributed by atoms with E-state index in [0.717, 1.165) is 12.8 Å². The van der Waals surface area contributed by atoms with Gasteiger partial charge < -0.3 is 19.5 Å². The summed E-state index contributed by atoms with van der Waals surface area (Å²) >= 11 is 5.21. The van der Waals surface area contributed by atoms with Crippen LogP contribution in [-0.4, -0.2) is 38.9 Å². The van der Waals surface area contributed by atoms with Crippen LogP contribution >= 0.6 is 12.2 Å². The van der Waals surface area contributed by atoms with Gasteiger partial charge in [-0.05, 0) is 49.7 Å². The van der Waals surface area contributed by atoms with Gasteiger partial charge in [-0.25, -0.2) is 0 Å². The van der Waals surface area contributed by atoms with Gasteiger partial charge in [-0.3, -0.25) is 15.6 Å². The van der Waals surface area contributed by atoms with Crippen molar-refractivity contribution >= 4 is 29.3 Å². The molecule has 0 spiro atoms. The minimum atomic E-state index is -0.315. The van der Waals surface area contributed by atoms with Gasteiger partial charge in [0.05, 0.1) is 21.3 Å². The van der Waals surface area contributed by atoms with E-state index < -0.39 is 0 Å². The topological polar surface area (TPSA) is 80.9 Å². The fraction of sp³-hybridized carbons (Fsp3) is 0.304. The maximum atomic E-state index is 12.4. The van der Waals surface area contributed by atoms with Crippen molar-refractivity contribution in [2.75, 3.05) is 27.9 Å². The summed E-state index contributed by atoms with van der Waals surface area (Å²) in [6.45, 7) is 2.40. The number of hydrogen-bond acceptors (Lipinski definition) is 5. The van der Waals surface area contributed by atoms with Crippen molar-refractivity contribution in [3.8, 4) is 17.2 Å². The summed E-state index contributed by atoms with van der Waals surface area (Å²) in [5.41, 5.74) is 7.75. The minimum Gasteiger partial charge on any atom is -0.496 e. The second-order valence-corrected chi connectivity index (χ2v) is 7.11. The van der Waals surface area contributed by atoms with Gasteiger partial charge in [0, 0.05) is 23.7 Å². The first-order valence-electron chi connectivity index (χ1n) is 9.85. The van der Waals surface area contributed by atoms with Gasteiger partial charge in [-0.15, -0.1) is 0 Å². The highest BCUT2D eigenvalue weighted by molar-refractivity contribution is 7.80. The molecule has 7 nitrogen and oxygen atoms in total. The Morgan fingerprint density at radius 1 is 0.968 bits per heavy atom. The first kappa shape index (κ1) is 24.0. The van der Waals surface area contributed by atoms with Gasteiger partial charge in [0.25, 0.3) is 5.91 Å². The van der Waals surface area contributed by atoms with Gasteiger partial charge in [0.2, 0.25) is 0 Å². The number of rotatable bonds is 9. The smallest absolute Gasteiger partial charge is 0.265 e. The van der Waals surface area contributed by atoms with Crippen LogP contribution in [0.5, 0.6) is 17.2 Å². The normalized spacial score (nSPS) is 10.8. The van der Waals surface area contributed by atoms with Gasteiger partial charge in [0.1, 0.15) is 5.75 Å². The molecule has 0 saturated carbocycles. The number of ether oxygens (including phenoxy) is 3. The Kier molecular flexibility index (Phi) is 9.64. The van der Waals surface area contributed by atoms with Crippen molar-refractivity contribution in [2.24, 2.45) is 0 Å². The van der Waals surface area contributed by atoms with Gasteiger partial charge in [-0.1, -0.05) is 30.3 Å². The molecule has 0 bridgehead atoms. The summed E-state index contributed by atoms with van der Waals surface area (Å²) in [4.78, 5) is 12.4. The summed E-state index contributed by atoms with van der Waals surface area (Å²) in [7, 11) is 4.66. The summed E-state index contributed by atoms with van der Waals surface area (Å²) in [5, 5.41) is 3.44. The fourth-order valence-corrected chi connectivity index (χ4v) is 3.01. The van der Waals surface area contributed by atoms with Crippen LogP contribution in [0.3, 0.4) is 0 Å². The molecule has 31 heavy (non-hydrogen) atoms. The largest absolute Gasteiger partial charge is 0.496 e. The van der Waals surface area contributed by atoms with Crippen molar-refractivity contribution in [1.82, 2.24) is 16.2 Å². The zero-order valence-electron chi connectivity index (χ0n) is 18.3. The Bertz CT molecular complexity index is 917. The Morgan fingerprint density at radius 3 is 2.26 bits per heavy atom. The number of thiocarbonyl (C=S) groups is 1. The van der Waals surface area contributed by atoms with Crippen LogP contribution in [0.4, 0.5) is 0 Å². The van der Waals surface area contributed by atoms with Crippen molar-refractivity contribution in [2.45, 2.75) is 19.8 Å². The molecule has 0 aliphatic rings. The molecule has 0 unspecified atom stereocenters. The average molecular weight is 444 g/mol. The zero-order valence-corrected chi connectivity index (χ0v) is 19.1. The lowest BCUT2D eigenvalue weighted by Gasteiger charge is -2.14. The number of carbonyl (C=O) groups is 1. The Labute approximate surface area is 188 Å². The van der Waals surface area contributed by atoms with Crippen LogP contribution in [-0.2, 0) is 11.2 Å². The number of hydrogen-bond donors (Lipinski definition) is 3. The van der Waals surface area contributed by atoms with Crippen molar-refractivity contribution < 1.29 is 19.0 Å². The molecule has 0 fully saturated rings. The first-order valence-corrected chi connectivity index (χ1v) is 10.3. The van der Waals surface area contributed by atoms with E-state index in [1.165, 1.54) is 5.56 Å². The lowest BCUT2D eigenvalue weighted by Crippen LogP contribution is -2.47. The predicted octanol–water partition coefficient (Wildman–Crippen LogP) is 3.24. The van der Waals surface area contributed by atoms with E-state index >= 15 is 0 Å². The molecular weight excluding hydrogens is 414 g/mol. The Morgan fingerprint density at radius 2 is 1.61 bits per heavy atom. The number of carbonyl (C=O) groups excluding carboxylic acids is 1. The van der Waals surface area contributed by atoms with E-state index in [4.69, 9.17) is 26.4 Å². The van der Waals surface area contributed by atoms with Crippen LogP contribution in [0, 0.1) is 0 Å². The van der Waals surface area contributed by atoms with Crippen molar-refractivity contribution in [1.29, 1.82) is 0 Å². The summed E-state index contributed by atoms with van der Waals surface area (Å²) in [6.07, 6.45) is 3.59. The third-order valence-corrected chi connectivity index (χ3v) is 4.77. The fourth-order valence-electron chi connectivity index (χ4n) is 2.86. The highest BCUT2D eigenvalue weighted by Crippen LogP contribution is 2.35. The van der Waals surface area contributed by atoms with Crippen LogP contribution in [0.2, 0.25) is 0 Å². The second kappa shape index (κ2) is 12.4. The maximum Gasteiger partial charge on any atom is 0.265 e. The molecule has 2 rings (SSSR count). The molecule has 3 N–H and O–H groups in total. The third kappa shape index (κ3) is 7.49. The molecule has 8 heteroatoms. The van der Waals surface area contributed by atoms with E-state index in [1.807, 2.05) is 18.2 Å². The minimum absolute atomic E-state index is 0.315. The van der Waals surface area contributed by atoms with Crippen LogP contribution in [0.25, 0.3) is 6.08 Å². The molecule has 0 aromatic heterocycles. The molecule has 166 valence electrons. The van der Waals surface area contributed by atoms with Gasteiger partial charge in [-0.2, -0.15) is 0 Å². The standard InChI is InChI=1S/C23H29N3O4S/c1-16(13-18-14-20(29-3)21(30-4)15-19(18)28-2)22(27)25-26-23(31)24-12-8-11-17-9-6-5-7-10-17/h5-7,9-10,13-15H,8,11-12H2,1-4H3,(H,25,27)(H2,24,26,31)/b16-13+. The molecule has 0 aliphatic heterocycles. The lowest BCUT2D eigenvalue weighted by molar-refractivity contribution is -0.117. The van der Waals surface area contributed by atoms with Crippen molar-refractivity contribution in [3.63, 3.8) is 0 Å². The first-order chi connectivity index (χ1) is 15.0. The summed E-state index contributed by atoms with van der Waals surface area (Å²) < 4.78 is 16.0. The third-order valence-electron chi connectivity index (χ3n) is 4.53. The molecule has 0 radical (unpaired) electrons. The van der Waals surface area contributed by atoms with Gasteiger partial charge >= 0.3 is 0 Å². The lowest BCUT2D eigenvalue weighted by atomic mass is 10.1. The van der Waals surface area contributed by atoms with Crippen LogP contribution < -0.4 is 30.4 Å². The van der Waals surface area contributed by atoms with E-state index in [9.17, 15) is 4.79 Å². The number of methoxy groups -OCH3 is 3. The summed E-state index contributed by atoms with van der Waals surface area (Å²) in [5.74, 6) is 1.34. The van der Waals surface area contributed by atoms with Crippen molar-refractivity contribution in [3.05, 3.63) is 59.2 Å². The van der Waals surface area contributed by atoms with E-state index in [0.29, 0.717) is 40.0 Å². The molecule has 0 saturated heterocycles. The second-order valence-electron chi connectivity index (χ2n) is 6.70. The van der Waals surface area contributed by atoms with Crippen LogP contribution in [0.15, 0.2) is 48.0 Å². The van der Waals surface area contributed by atoms with E-state index in [2.05, 4.69) is 28.3 Å². The summed E-state index contributed by atoms with van der Waals surface area (Å²) in [6, 6.07) is 13.7. The molecular formula is C23H29N3O4S. The number of benzene rings is 2.